The molecule has 0 spiro atoms. The van der Waals surface area contributed by atoms with Crippen molar-refractivity contribution in [3.05, 3.63) is 98.5 Å². The molecule has 0 saturated carbocycles. The lowest BCUT2D eigenvalue weighted by Crippen LogP contribution is -2.43. The fourth-order valence-corrected chi connectivity index (χ4v) is 4.06. The van der Waals surface area contributed by atoms with Crippen LogP contribution in [0.1, 0.15) is 28.4 Å². The molecule has 9 heteroatoms. The van der Waals surface area contributed by atoms with Crippen LogP contribution in [-0.2, 0) is 22.5 Å². The summed E-state index contributed by atoms with van der Waals surface area (Å²) in [7, 11) is 0. The molecule has 0 fully saturated rings. The molecular formula is C25H21Cl3N2O3S. The summed E-state index contributed by atoms with van der Waals surface area (Å²) < 4.78 is 5.04. The number of ether oxygens (including phenoxy) is 1. The van der Waals surface area contributed by atoms with Gasteiger partial charge < -0.3 is 15.0 Å². The second-order valence-electron chi connectivity index (χ2n) is 7.21. The Bertz CT molecular complexity index is 1160. The van der Waals surface area contributed by atoms with Gasteiger partial charge >= 0.3 is 5.97 Å². The van der Waals surface area contributed by atoms with Crippen molar-refractivity contribution in [2.24, 2.45) is 0 Å². The Balaban J connectivity index is 1.84. The molecule has 1 N–H and O–H groups in total. The Morgan fingerprint density at radius 3 is 2.15 bits per heavy atom. The molecule has 3 rings (SSSR count). The number of halogens is 3. The average molecular weight is 536 g/mol. The standard InChI is InChI=1S/C25H21Cl3N2O3S/c1-2-33-24(32)17-8-12-19(13-9-17)30(15-20-21(27)4-3-5-22(20)28)25(34)29-23(31)14-16-6-10-18(26)11-7-16/h3-13H,2,14-15H2,1H3,(H,29,31,34). The number of carbonyl (C=O) groups is 2. The van der Waals surface area contributed by atoms with E-state index < -0.39 is 5.97 Å². The number of hydrogen-bond acceptors (Lipinski definition) is 4. The second kappa shape index (κ2) is 12.2. The molecule has 0 aliphatic carbocycles. The van der Waals surface area contributed by atoms with Crippen molar-refractivity contribution in [1.82, 2.24) is 5.32 Å². The van der Waals surface area contributed by atoms with Crippen LogP contribution in [0.4, 0.5) is 5.69 Å². The first kappa shape index (κ1) is 26.0. The lowest BCUT2D eigenvalue weighted by molar-refractivity contribution is -0.119. The van der Waals surface area contributed by atoms with Gasteiger partial charge in [0.05, 0.1) is 25.1 Å². The molecule has 0 atom stereocenters. The summed E-state index contributed by atoms with van der Waals surface area (Å²) in [6.45, 7) is 2.23. The number of nitrogens with zero attached hydrogens (tertiary/aromatic N) is 1. The average Bonchev–Trinajstić information content (AvgIpc) is 2.80. The van der Waals surface area contributed by atoms with E-state index in [-0.39, 0.29) is 30.6 Å². The molecule has 0 bridgehead atoms. The first-order valence-electron chi connectivity index (χ1n) is 10.3. The van der Waals surface area contributed by atoms with Gasteiger partial charge in [-0.15, -0.1) is 0 Å². The highest BCUT2D eigenvalue weighted by atomic mass is 35.5. The minimum Gasteiger partial charge on any atom is -0.462 e. The maximum atomic E-state index is 12.7. The van der Waals surface area contributed by atoms with E-state index in [1.165, 1.54) is 0 Å². The molecule has 3 aromatic carbocycles. The molecule has 0 radical (unpaired) electrons. The van der Waals surface area contributed by atoms with Gasteiger partial charge in [0, 0.05) is 26.3 Å². The van der Waals surface area contributed by atoms with Crippen LogP contribution in [0.25, 0.3) is 0 Å². The van der Waals surface area contributed by atoms with Gasteiger partial charge in [0.2, 0.25) is 5.91 Å². The molecule has 3 aromatic rings. The summed E-state index contributed by atoms with van der Waals surface area (Å²) in [6, 6.07) is 18.9. The molecule has 0 unspecified atom stereocenters. The highest BCUT2D eigenvalue weighted by Gasteiger charge is 2.19. The molecule has 34 heavy (non-hydrogen) atoms. The lowest BCUT2D eigenvalue weighted by atomic mass is 10.1. The number of benzene rings is 3. The summed E-state index contributed by atoms with van der Waals surface area (Å²) in [4.78, 5) is 26.4. The van der Waals surface area contributed by atoms with Crippen LogP contribution >= 0.6 is 47.0 Å². The summed E-state index contributed by atoms with van der Waals surface area (Å²) in [6.07, 6.45) is 0.125. The van der Waals surface area contributed by atoms with Crippen molar-refractivity contribution in [3.63, 3.8) is 0 Å². The lowest BCUT2D eigenvalue weighted by Gasteiger charge is -2.26. The van der Waals surface area contributed by atoms with E-state index in [0.29, 0.717) is 31.9 Å². The molecule has 176 valence electrons. The van der Waals surface area contributed by atoms with E-state index >= 15 is 0 Å². The maximum absolute atomic E-state index is 12.7. The molecule has 0 aromatic heterocycles. The summed E-state index contributed by atoms with van der Waals surface area (Å²) in [5, 5.41) is 4.46. The molecular weight excluding hydrogens is 515 g/mol. The SMILES string of the molecule is CCOC(=O)c1ccc(N(Cc2c(Cl)cccc2Cl)C(=S)NC(=O)Cc2ccc(Cl)cc2)cc1. The summed E-state index contributed by atoms with van der Waals surface area (Å²) in [5.41, 5.74) is 2.48. The normalized spacial score (nSPS) is 10.5. The number of rotatable bonds is 7. The molecule has 1 amide bonds. The molecule has 0 saturated heterocycles. The van der Waals surface area contributed by atoms with Gasteiger partial charge in [-0.3, -0.25) is 4.79 Å². The van der Waals surface area contributed by atoms with E-state index in [4.69, 9.17) is 51.8 Å². The van der Waals surface area contributed by atoms with E-state index in [1.54, 1.807) is 78.6 Å². The van der Waals surface area contributed by atoms with Crippen LogP contribution in [0.3, 0.4) is 0 Å². The number of nitrogens with one attached hydrogen (secondary N) is 1. The third-order valence-corrected chi connectivity index (χ3v) is 6.12. The van der Waals surface area contributed by atoms with Gasteiger partial charge in [-0.25, -0.2) is 4.79 Å². The number of hydrogen-bond donors (Lipinski definition) is 1. The number of carbonyl (C=O) groups excluding carboxylic acids is 2. The monoisotopic (exact) mass is 534 g/mol. The van der Waals surface area contributed by atoms with Crippen molar-refractivity contribution in [3.8, 4) is 0 Å². The first-order valence-corrected chi connectivity index (χ1v) is 11.9. The van der Waals surface area contributed by atoms with Crippen molar-refractivity contribution >= 4 is 69.7 Å². The molecule has 0 aliphatic heterocycles. The molecule has 0 heterocycles. The van der Waals surface area contributed by atoms with E-state index in [1.807, 2.05) is 0 Å². The van der Waals surface area contributed by atoms with Gasteiger partial charge in [-0.1, -0.05) is 53.0 Å². The van der Waals surface area contributed by atoms with Gasteiger partial charge in [0.25, 0.3) is 0 Å². The minimum absolute atomic E-state index is 0.125. The highest BCUT2D eigenvalue weighted by molar-refractivity contribution is 7.80. The van der Waals surface area contributed by atoms with Crippen LogP contribution in [0.2, 0.25) is 15.1 Å². The molecule has 5 nitrogen and oxygen atoms in total. The number of amides is 1. The second-order valence-corrected chi connectivity index (χ2v) is 8.85. The van der Waals surface area contributed by atoms with Crippen molar-refractivity contribution in [1.29, 1.82) is 0 Å². The van der Waals surface area contributed by atoms with Crippen LogP contribution in [0, 0.1) is 0 Å². The van der Waals surface area contributed by atoms with E-state index in [2.05, 4.69) is 5.32 Å². The fraction of sp³-hybridized carbons (Fsp3) is 0.160. The third-order valence-electron chi connectivity index (χ3n) is 4.84. The summed E-state index contributed by atoms with van der Waals surface area (Å²) in [5.74, 6) is -0.709. The molecule has 0 aliphatic rings. The largest absolute Gasteiger partial charge is 0.462 e. The van der Waals surface area contributed by atoms with E-state index in [0.717, 1.165) is 5.56 Å². The Hall–Kier alpha value is -2.64. The van der Waals surface area contributed by atoms with Gasteiger partial charge in [0.15, 0.2) is 5.11 Å². The van der Waals surface area contributed by atoms with Crippen LogP contribution in [0.15, 0.2) is 66.7 Å². The smallest absolute Gasteiger partial charge is 0.338 e. The number of esters is 1. The predicted molar refractivity (Wildman–Crippen MR) is 141 cm³/mol. The highest BCUT2D eigenvalue weighted by Crippen LogP contribution is 2.28. The van der Waals surface area contributed by atoms with Crippen molar-refractivity contribution in [2.75, 3.05) is 11.5 Å². The first-order chi connectivity index (χ1) is 16.3. The fourth-order valence-electron chi connectivity index (χ4n) is 3.13. The zero-order chi connectivity index (χ0) is 24.7. The quantitative estimate of drug-likeness (QED) is 0.277. The Labute approximate surface area is 218 Å². The minimum atomic E-state index is -0.423. The van der Waals surface area contributed by atoms with E-state index in [9.17, 15) is 9.59 Å². The Morgan fingerprint density at radius 2 is 1.56 bits per heavy atom. The zero-order valence-corrected chi connectivity index (χ0v) is 21.3. The van der Waals surface area contributed by atoms with Crippen molar-refractivity contribution in [2.45, 2.75) is 19.9 Å². The topological polar surface area (TPSA) is 58.6 Å². The van der Waals surface area contributed by atoms with Gasteiger partial charge in [-0.05, 0) is 73.2 Å². The van der Waals surface area contributed by atoms with Crippen LogP contribution in [0.5, 0.6) is 0 Å². The Kier molecular flexibility index (Phi) is 9.30. The summed E-state index contributed by atoms with van der Waals surface area (Å²) >= 11 is 24.3. The van der Waals surface area contributed by atoms with Gasteiger partial charge in [-0.2, -0.15) is 0 Å². The third kappa shape index (κ3) is 6.93. The van der Waals surface area contributed by atoms with Gasteiger partial charge in [0.1, 0.15) is 0 Å². The number of anilines is 1. The predicted octanol–water partition coefficient (Wildman–Crippen LogP) is 6.47. The van der Waals surface area contributed by atoms with Crippen LogP contribution < -0.4 is 10.2 Å². The Morgan fingerprint density at radius 1 is 0.941 bits per heavy atom. The zero-order valence-electron chi connectivity index (χ0n) is 18.2. The number of thiocarbonyl (C=S) groups is 1. The maximum Gasteiger partial charge on any atom is 0.338 e. The van der Waals surface area contributed by atoms with Crippen LogP contribution in [-0.4, -0.2) is 23.6 Å². The van der Waals surface area contributed by atoms with Crippen molar-refractivity contribution < 1.29 is 14.3 Å².